The van der Waals surface area contributed by atoms with Gasteiger partial charge in [0.25, 0.3) is 0 Å². The number of anilines is 1. The maximum Gasteiger partial charge on any atom is 0.239 e. The van der Waals surface area contributed by atoms with Gasteiger partial charge in [0.1, 0.15) is 21.2 Å². The van der Waals surface area contributed by atoms with Crippen molar-refractivity contribution in [1.82, 2.24) is 20.2 Å². The van der Waals surface area contributed by atoms with Crippen molar-refractivity contribution in [2.45, 2.75) is 61.6 Å². The van der Waals surface area contributed by atoms with Crippen molar-refractivity contribution >= 4 is 67.3 Å². The number of amides is 1. The molecule has 1 fully saturated rings. The number of nitrogens with one attached hydrogen (secondary N) is 1. The quantitative estimate of drug-likeness (QED) is 0.198. The summed E-state index contributed by atoms with van der Waals surface area (Å²) >= 11 is 10.6. The van der Waals surface area contributed by atoms with Crippen LogP contribution in [0.25, 0.3) is 21.3 Å². The maximum atomic E-state index is 13.2. The second-order valence-electron chi connectivity index (χ2n) is 8.30. The third-order valence-corrected chi connectivity index (χ3v) is 9.54. The molecule has 176 valence electrons. The molecule has 1 saturated carbocycles. The molecule has 34 heavy (non-hydrogen) atoms. The van der Waals surface area contributed by atoms with Crippen LogP contribution >= 0.6 is 46.0 Å². The molecular weight excluding hydrogens is 506 g/mol. The molecule has 0 bridgehead atoms. The maximum absolute atomic E-state index is 13.2. The van der Waals surface area contributed by atoms with Gasteiger partial charge in [-0.2, -0.15) is 0 Å². The molecule has 4 aromatic rings. The number of hydrogen-bond donors (Lipinski definition) is 1. The fraction of sp³-hybridized carbons (Fsp3) is 0.375. The Balaban J connectivity index is 1.35. The van der Waals surface area contributed by atoms with E-state index in [1.165, 1.54) is 42.4 Å². The lowest BCUT2D eigenvalue weighted by molar-refractivity contribution is -0.115. The Kier molecular flexibility index (Phi) is 7.43. The molecule has 1 atom stereocenters. The Morgan fingerprint density at radius 2 is 1.97 bits per heavy atom. The molecule has 1 N–H and O–H groups in total. The number of rotatable bonds is 7. The van der Waals surface area contributed by atoms with Crippen LogP contribution in [-0.2, 0) is 4.79 Å². The standard InChI is InChI=1S/C24H24ClN5OS3/c1-2-18(20(31)28-24-30-29-21(34-24)15-6-4-3-5-7-15)33-23-19-17(12-32-22(19)26-13-27-23)14-8-10-16(25)11-9-14/h8-13,15,18H,2-7H2,1H3,(H,28,30,31). The summed E-state index contributed by atoms with van der Waals surface area (Å²) in [6, 6.07) is 7.75. The SMILES string of the molecule is CCC(Sc1ncnc2scc(-c3ccc(Cl)cc3)c12)C(=O)Nc1nnc(C2CCCCC2)s1. The number of benzene rings is 1. The first-order valence-corrected chi connectivity index (χ1v) is 14.4. The second kappa shape index (κ2) is 10.7. The Labute approximate surface area is 215 Å². The predicted molar refractivity (Wildman–Crippen MR) is 142 cm³/mol. The number of fused-ring (bicyclic) bond motifs is 1. The zero-order valence-electron chi connectivity index (χ0n) is 18.7. The van der Waals surface area contributed by atoms with Crippen LogP contribution in [0.2, 0.25) is 5.02 Å². The van der Waals surface area contributed by atoms with E-state index in [4.69, 9.17) is 11.6 Å². The van der Waals surface area contributed by atoms with E-state index in [0.717, 1.165) is 44.2 Å². The van der Waals surface area contributed by atoms with Gasteiger partial charge >= 0.3 is 0 Å². The molecule has 1 unspecified atom stereocenters. The van der Waals surface area contributed by atoms with Gasteiger partial charge in [-0.25, -0.2) is 9.97 Å². The minimum atomic E-state index is -0.307. The lowest BCUT2D eigenvalue weighted by Crippen LogP contribution is -2.24. The highest BCUT2D eigenvalue weighted by Crippen LogP contribution is 2.40. The minimum absolute atomic E-state index is 0.0751. The molecule has 0 spiro atoms. The monoisotopic (exact) mass is 529 g/mol. The van der Waals surface area contributed by atoms with Gasteiger partial charge < -0.3 is 0 Å². The molecule has 10 heteroatoms. The number of thiophene rings is 1. The number of carbonyl (C=O) groups is 1. The van der Waals surface area contributed by atoms with E-state index in [1.807, 2.05) is 31.2 Å². The molecule has 1 amide bonds. The summed E-state index contributed by atoms with van der Waals surface area (Å²) in [5, 5.41) is 17.5. The van der Waals surface area contributed by atoms with Gasteiger partial charge in [-0.1, -0.05) is 73.0 Å². The summed E-state index contributed by atoms with van der Waals surface area (Å²) in [6.45, 7) is 2.01. The molecule has 1 aliphatic carbocycles. The molecule has 1 aromatic carbocycles. The Hall–Kier alpha value is -2.07. The Morgan fingerprint density at radius 1 is 1.18 bits per heavy atom. The predicted octanol–water partition coefficient (Wildman–Crippen LogP) is 7.42. The Bertz CT molecular complexity index is 1280. The topological polar surface area (TPSA) is 80.7 Å². The van der Waals surface area contributed by atoms with Crippen molar-refractivity contribution in [2.75, 3.05) is 5.32 Å². The molecular formula is C24H24ClN5OS3. The van der Waals surface area contributed by atoms with Crippen LogP contribution in [0, 0.1) is 0 Å². The van der Waals surface area contributed by atoms with Crippen LogP contribution in [0.4, 0.5) is 5.13 Å². The van der Waals surface area contributed by atoms with E-state index in [-0.39, 0.29) is 11.2 Å². The van der Waals surface area contributed by atoms with Crippen LogP contribution in [0.1, 0.15) is 56.4 Å². The van der Waals surface area contributed by atoms with Gasteiger partial charge in [0.15, 0.2) is 0 Å². The summed E-state index contributed by atoms with van der Waals surface area (Å²) in [5.41, 5.74) is 2.10. The molecule has 0 saturated heterocycles. The van der Waals surface area contributed by atoms with Crippen LogP contribution < -0.4 is 5.32 Å². The zero-order chi connectivity index (χ0) is 23.5. The smallest absolute Gasteiger partial charge is 0.239 e. The van der Waals surface area contributed by atoms with E-state index < -0.39 is 0 Å². The molecule has 0 aliphatic heterocycles. The highest BCUT2D eigenvalue weighted by molar-refractivity contribution is 8.00. The van der Waals surface area contributed by atoms with Gasteiger partial charge in [-0.3, -0.25) is 10.1 Å². The third kappa shape index (κ3) is 5.12. The summed E-state index contributed by atoms with van der Waals surface area (Å²) in [6.07, 6.45) is 8.35. The average molecular weight is 530 g/mol. The van der Waals surface area contributed by atoms with Crippen molar-refractivity contribution in [3.05, 3.63) is 46.0 Å². The normalized spacial score (nSPS) is 15.5. The summed E-state index contributed by atoms with van der Waals surface area (Å²) in [5.74, 6) is 0.404. The minimum Gasteiger partial charge on any atom is -0.300 e. The fourth-order valence-electron chi connectivity index (χ4n) is 4.22. The summed E-state index contributed by atoms with van der Waals surface area (Å²) in [4.78, 5) is 23.1. The van der Waals surface area contributed by atoms with Crippen molar-refractivity contribution in [3.8, 4) is 11.1 Å². The van der Waals surface area contributed by atoms with Crippen molar-refractivity contribution < 1.29 is 4.79 Å². The highest BCUT2D eigenvalue weighted by atomic mass is 35.5. The lowest BCUT2D eigenvalue weighted by atomic mass is 9.90. The van der Waals surface area contributed by atoms with Crippen LogP contribution in [0.15, 0.2) is 41.0 Å². The molecule has 0 radical (unpaired) electrons. The first kappa shape index (κ1) is 23.7. The molecule has 1 aliphatic rings. The first-order valence-electron chi connectivity index (χ1n) is 11.4. The van der Waals surface area contributed by atoms with E-state index in [9.17, 15) is 4.79 Å². The molecule has 3 aromatic heterocycles. The van der Waals surface area contributed by atoms with E-state index in [2.05, 4.69) is 30.9 Å². The van der Waals surface area contributed by atoms with Gasteiger partial charge in [0, 0.05) is 21.9 Å². The third-order valence-electron chi connectivity index (χ3n) is 6.03. The largest absolute Gasteiger partial charge is 0.300 e. The summed E-state index contributed by atoms with van der Waals surface area (Å²) < 4.78 is 0. The van der Waals surface area contributed by atoms with E-state index in [1.54, 1.807) is 17.7 Å². The molecule has 3 heterocycles. The van der Waals surface area contributed by atoms with Crippen LogP contribution in [0.5, 0.6) is 0 Å². The van der Waals surface area contributed by atoms with E-state index in [0.29, 0.717) is 22.5 Å². The van der Waals surface area contributed by atoms with Gasteiger partial charge in [0.05, 0.1) is 10.6 Å². The highest BCUT2D eigenvalue weighted by Gasteiger charge is 2.25. The lowest BCUT2D eigenvalue weighted by Gasteiger charge is -2.18. The van der Waals surface area contributed by atoms with Crippen molar-refractivity contribution in [2.24, 2.45) is 0 Å². The average Bonchev–Trinajstić information content (AvgIpc) is 3.51. The fourth-order valence-corrected chi connectivity index (χ4v) is 7.28. The number of halogens is 1. The number of hydrogen-bond acceptors (Lipinski definition) is 8. The van der Waals surface area contributed by atoms with Gasteiger partial charge in [0.2, 0.25) is 11.0 Å². The van der Waals surface area contributed by atoms with Crippen molar-refractivity contribution in [3.63, 3.8) is 0 Å². The number of nitrogens with zero attached hydrogens (tertiary/aromatic N) is 4. The Morgan fingerprint density at radius 3 is 2.74 bits per heavy atom. The number of carbonyl (C=O) groups excluding carboxylic acids is 1. The van der Waals surface area contributed by atoms with E-state index >= 15 is 0 Å². The molecule has 5 rings (SSSR count). The number of aromatic nitrogens is 4. The van der Waals surface area contributed by atoms with Gasteiger partial charge in [-0.15, -0.1) is 21.5 Å². The van der Waals surface area contributed by atoms with Crippen LogP contribution in [-0.4, -0.2) is 31.3 Å². The van der Waals surface area contributed by atoms with Crippen molar-refractivity contribution in [1.29, 1.82) is 0 Å². The van der Waals surface area contributed by atoms with Crippen LogP contribution in [0.3, 0.4) is 0 Å². The number of thioether (sulfide) groups is 1. The first-order chi connectivity index (χ1) is 16.6. The second-order valence-corrected chi connectivity index (χ2v) is 11.8. The van der Waals surface area contributed by atoms with Gasteiger partial charge in [-0.05, 0) is 37.0 Å². The summed E-state index contributed by atoms with van der Waals surface area (Å²) in [7, 11) is 0. The molecule has 6 nitrogen and oxygen atoms in total. The zero-order valence-corrected chi connectivity index (χ0v) is 21.9.